The summed E-state index contributed by atoms with van der Waals surface area (Å²) in [5.41, 5.74) is 1.16. The number of carboxylic acid groups (broad SMARTS) is 1. The van der Waals surface area contributed by atoms with Gasteiger partial charge in [-0.15, -0.1) is 0 Å². The quantitative estimate of drug-likeness (QED) is 0.571. The first kappa shape index (κ1) is 14.6. The Kier molecular flexibility index (Phi) is 6.98. The van der Waals surface area contributed by atoms with Crippen LogP contribution >= 0.6 is 0 Å². The van der Waals surface area contributed by atoms with Crippen LogP contribution in [0, 0.1) is 0 Å². The zero-order valence-corrected chi connectivity index (χ0v) is 10.7. The number of carboxylic acids is 1. The second-order valence-electron chi connectivity index (χ2n) is 4.21. The number of aromatic nitrogens is 1. The molecule has 18 heavy (non-hydrogen) atoms. The molecule has 1 rings (SSSR count). The maximum Gasteiger partial charge on any atom is 0.320 e. The monoisotopic (exact) mass is 251 g/mol. The molecular formula is C13H21N3O2. The lowest BCUT2D eigenvalue weighted by atomic mass is 10.1. The van der Waals surface area contributed by atoms with Crippen molar-refractivity contribution in [3.05, 3.63) is 30.1 Å². The predicted octanol–water partition coefficient (Wildman–Crippen LogP) is 1.01. The van der Waals surface area contributed by atoms with Crippen molar-refractivity contribution < 1.29 is 9.90 Å². The minimum Gasteiger partial charge on any atom is -0.480 e. The Morgan fingerprint density at radius 3 is 2.94 bits per heavy atom. The number of nitrogens with one attached hydrogen (secondary N) is 2. The number of unbranched alkanes of at least 4 members (excludes halogenated alkanes) is 1. The Morgan fingerprint density at radius 2 is 2.33 bits per heavy atom. The van der Waals surface area contributed by atoms with Crippen LogP contribution in [-0.2, 0) is 11.3 Å². The van der Waals surface area contributed by atoms with Gasteiger partial charge >= 0.3 is 5.97 Å². The fourth-order valence-corrected chi connectivity index (χ4v) is 1.73. The van der Waals surface area contributed by atoms with E-state index in [1.807, 2.05) is 18.3 Å². The van der Waals surface area contributed by atoms with Crippen LogP contribution in [0.1, 0.15) is 24.8 Å². The fourth-order valence-electron chi connectivity index (χ4n) is 1.73. The number of likely N-dealkylation sites (N-methyl/N-ethyl adjacent to an activating group) is 1. The van der Waals surface area contributed by atoms with Crippen molar-refractivity contribution in [2.75, 3.05) is 13.6 Å². The number of pyridine rings is 1. The highest BCUT2D eigenvalue weighted by Crippen LogP contribution is 2.01. The summed E-state index contributed by atoms with van der Waals surface area (Å²) < 4.78 is 0. The number of carbonyl (C=O) groups is 1. The Balaban J connectivity index is 2.04. The average Bonchev–Trinajstić information content (AvgIpc) is 2.38. The van der Waals surface area contributed by atoms with Gasteiger partial charge in [0.05, 0.1) is 0 Å². The molecule has 1 unspecified atom stereocenters. The minimum absolute atomic E-state index is 0.427. The molecule has 5 heteroatoms. The van der Waals surface area contributed by atoms with Gasteiger partial charge in [-0.25, -0.2) is 0 Å². The largest absolute Gasteiger partial charge is 0.480 e. The van der Waals surface area contributed by atoms with E-state index in [9.17, 15) is 4.79 Å². The first-order valence-electron chi connectivity index (χ1n) is 6.23. The van der Waals surface area contributed by atoms with Crippen LogP contribution in [0.15, 0.2) is 24.5 Å². The lowest BCUT2D eigenvalue weighted by Crippen LogP contribution is -2.33. The summed E-state index contributed by atoms with van der Waals surface area (Å²) in [5.74, 6) is -0.777. The molecule has 0 aliphatic carbocycles. The number of rotatable bonds is 9. The van der Waals surface area contributed by atoms with E-state index in [2.05, 4.69) is 15.6 Å². The molecule has 1 aromatic heterocycles. The van der Waals surface area contributed by atoms with Crippen molar-refractivity contribution in [2.45, 2.75) is 31.8 Å². The SMILES string of the molecule is CNC(CCCCNCc1cccnc1)C(=O)O. The van der Waals surface area contributed by atoms with Crippen molar-refractivity contribution in [2.24, 2.45) is 0 Å². The molecule has 0 aliphatic rings. The highest BCUT2D eigenvalue weighted by Gasteiger charge is 2.13. The second kappa shape index (κ2) is 8.60. The molecular weight excluding hydrogens is 230 g/mol. The van der Waals surface area contributed by atoms with Crippen LogP contribution in [0.3, 0.4) is 0 Å². The van der Waals surface area contributed by atoms with Crippen molar-refractivity contribution in [1.82, 2.24) is 15.6 Å². The normalized spacial score (nSPS) is 12.3. The van der Waals surface area contributed by atoms with Crippen LogP contribution in [-0.4, -0.2) is 35.7 Å². The van der Waals surface area contributed by atoms with Crippen LogP contribution in [0.25, 0.3) is 0 Å². The van der Waals surface area contributed by atoms with E-state index in [-0.39, 0.29) is 0 Å². The van der Waals surface area contributed by atoms with Gasteiger partial charge in [-0.1, -0.05) is 12.5 Å². The number of hydrogen-bond acceptors (Lipinski definition) is 4. The standard InChI is InChI=1S/C13H21N3O2/c1-14-12(13(17)18)6-2-3-7-15-9-11-5-4-8-16-10-11/h4-5,8,10,12,14-15H,2-3,6-7,9H2,1H3,(H,17,18). The molecule has 1 aromatic rings. The van der Waals surface area contributed by atoms with E-state index < -0.39 is 12.0 Å². The van der Waals surface area contributed by atoms with Gasteiger partial charge in [0.1, 0.15) is 6.04 Å². The van der Waals surface area contributed by atoms with Crippen LogP contribution < -0.4 is 10.6 Å². The lowest BCUT2D eigenvalue weighted by Gasteiger charge is -2.10. The van der Waals surface area contributed by atoms with Gasteiger partial charge < -0.3 is 15.7 Å². The third-order valence-electron chi connectivity index (χ3n) is 2.79. The van der Waals surface area contributed by atoms with E-state index in [0.717, 1.165) is 31.5 Å². The van der Waals surface area contributed by atoms with E-state index in [4.69, 9.17) is 5.11 Å². The fraction of sp³-hybridized carbons (Fsp3) is 0.538. The Bertz CT molecular complexity index is 343. The van der Waals surface area contributed by atoms with Gasteiger partial charge in [0.15, 0.2) is 0 Å². The molecule has 0 fully saturated rings. The molecule has 0 saturated carbocycles. The summed E-state index contributed by atoms with van der Waals surface area (Å²) in [6, 6.07) is 3.52. The molecule has 100 valence electrons. The maximum atomic E-state index is 10.8. The third kappa shape index (κ3) is 5.75. The summed E-state index contributed by atoms with van der Waals surface area (Å²) in [7, 11) is 1.68. The predicted molar refractivity (Wildman–Crippen MR) is 70.3 cm³/mol. The molecule has 0 aliphatic heterocycles. The van der Waals surface area contributed by atoms with Gasteiger partial charge in [-0.2, -0.15) is 0 Å². The van der Waals surface area contributed by atoms with Crippen molar-refractivity contribution in [1.29, 1.82) is 0 Å². The van der Waals surface area contributed by atoms with E-state index >= 15 is 0 Å². The first-order chi connectivity index (χ1) is 8.74. The zero-order chi connectivity index (χ0) is 13.2. The molecule has 0 amide bonds. The molecule has 1 atom stereocenters. The number of nitrogens with zero attached hydrogens (tertiary/aromatic N) is 1. The summed E-state index contributed by atoms with van der Waals surface area (Å²) >= 11 is 0. The summed E-state index contributed by atoms with van der Waals surface area (Å²) in [6.07, 6.45) is 6.14. The van der Waals surface area contributed by atoms with Crippen LogP contribution in [0.2, 0.25) is 0 Å². The first-order valence-corrected chi connectivity index (χ1v) is 6.23. The second-order valence-corrected chi connectivity index (χ2v) is 4.21. The highest BCUT2D eigenvalue weighted by atomic mass is 16.4. The van der Waals surface area contributed by atoms with Crippen LogP contribution in [0.5, 0.6) is 0 Å². The Labute approximate surface area is 108 Å². The van der Waals surface area contributed by atoms with Crippen molar-refractivity contribution >= 4 is 5.97 Å². The van der Waals surface area contributed by atoms with Gasteiger partial charge in [0.25, 0.3) is 0 Å². The highest BCUT2D eigenvalue weighted by molar-refractivity contribution is 5.73. The van der Waals surface area contributed by atoms with E-state index in [0.29, 0.717) is 6.42 Å². The molecule has 0 aromatic carbocycles. The molecule has 0 saturated heterocycles. The van der Waals surface area contributed by atoms with Crippen molar-refractivity contribution in [3.63, 3.8) is 0 Å². The zero-order valence-electron chi connectivity index (χ0n) is 10.7. The van der Waals surface area contributed by atoms with Crippen LogP contribution in [0.4, 0.5) is 0 Å². The average molecular weight is 251 g/mol. The summed E-state index contributed by atoms with van der Waals surface area (Å²) in [6.45, 7) is 1.70. The van der Waals surface area contributed by atoms with Gasteiger partial charge in [-0.3, -0.25) is 9.78 Å². The minimum atomic E-state index is -0.777. The molecule has 0 spiro atoms. The maximum absolute atomic E-state index is 10.8. The third-order valence-corrected chi connectivity index (χ3v) is 2.79. The number of hydrogen-bond donors (Lipinski definition) is 3. The Morgan fingerprint density at radius 1 is 1.50 bits per heavy atom. The van der Waals surface area contributed by atoms with E-state index in [1.165, 1.54) is 0 Å². The topological polar surface area (TPSA) is 74.2 Å². The summed E-state index contributed by atoms with van der Waals surface area (Å²) in [5, 5.41) is 14.9. The van der Waals surface area contributed by atoms with Gasteiger partial charge in [-0.05, 0) is 38.1 Å². The summed E-state index contributed by atoms with van der Waals surface area (Å²) in [4.78, 5) is 14.8. The molecule has 1 heterocycles. The van der Waals surface area contributed by atoms with Gasteiger partial charge in [0.2, 0.25) is 0 Å². The molecule has 0 bridgehead atoms. The number of aliphatic carboxylic acids is 1. The Hall–Kier alpha value is -1.46. The molecule has 5 nitrogen and oxygen atoms in total. The molecule has 0 radical (unpaired) electrons. The lowest BCUT2D eigenvalue weighted by molar-refractivity contribution is -0.139. The van der Waals surface area contributed by atoms with Crippen molar-refractivity contribution in [3.8, 4) is 0 Å². The van der Waals surface area contributed by atoms with E-state index in [1.54, 1.807) is 13.2 Å². The smallest absolute Gasteiger partial charge is 0.320 e. The van der Waals surface area contributed by atoms with Gasteiger partial charge in [0, 0.05) is 18.9 Å². The molecule has 3 N–H and O–H groups in total.